The molecule has 2 aliphatic rings. The molecule has 5 nitrogen and oxygen atoms in total. The van der Waals surface area contributed by atoms with Crippen LogP contribution in [-0.2, 0) is 23.2 Å². The van der Waals surface area contributed by atoms with Crippen molar-refractivity contribution in [3.8, 4) is 0 Å². The second-order valence-electron chi connectivity index (χ2n) is 7.77. The number of rotatable bonds is 6. The normalized spacial score (nSPS) is 26.8. The molecule has 154 valence electrons. The van der Waals surface area contributed by atoms with Gasteiger partial charge in [-0.15, -0.1) is 10.2 Å². The molecule has 3 rings (SSSR count). The number of hydrogen-bond donors (Lipinski definition) is 0. The Bertz CT molecular complexity index is 746. The van der Waals surface area contributed by atoms with Gasteiger partial charge in [0.15, 0.2) is 5.82 Å². The van der Waals surface area contributed by atoms with Crippen LogP contribution in [0.15, 0.2) is 23.8 Å². The smallest absolute Gasteiger partial charge is 0.366 e. The number of alkyl halides is 3. The highest BCUT2D eigenvalue weighted by atomic mass is 19.4. The molecule has 1 fully saturated rings. The monoisotopic (exact) mass is 397 g/mol. The number of carbonyl (C=O) groups is 1. The number of halogens is 3. The topological polar surface area (TPSA) is 57.0 Å². The van der Waals surface area contributed by atoms with Gasteiger partial charge in [0.2, 0.25) is 0 Å². The average Bonchev–Trinajstić information content (AvgIpc) is 3.06. The number of hydrogen-bond acceptors (Lipinski definition) is 4. The van der Waals surface area contributed by atoms with Crippen molar-refractivity contribution in [2.75, 3.05) is 0 Å². The van der Waals surface area contributed by atoms with E-state index in [2.05, 4.69) is 10.2 Å². The van der Waals surface area contributed by atoms with E-state index in [9.17, 15) is 18.0 Å². The van der Waals surface area contributed by atoms with E-state index in [0.717, 1.165) is 43.9 Å². The molecule has 0 saturated heterocycles. The third-order valence-corrected chi connectivity index (χ3v) is 5.93. The van der Waals surface area contributed by atoms with Gasteiger partial charge in [-0.25, -0.2) is 0 Å². The van der Waals surface area contributed by atoms with Crippen LogP contribution in [-0.4, -0.2) is 33.3 Å². The van der Waals surface area contributed by atoms with Gasteiger partial charge in [-0.1, -0.05) is 25.2 Å². The van der Waals surface area contributed by atoms with Gasteiger partial charge < -0.3 is 14.1 Å². The van der Waals surface area contributed by atoms with Crippen molar-refractivity contribution in [3.05, 3.63) is 35.4 Å². The van der Waals surface area contributed by atoms with Crippen LogP contribution >= 0.6 is 0 Å². The first-order chi connectivity index (χ1) is 13.3. The maximum atomic E-state index is 12.8. The molecule has 28 heavy (non-hydrogen) atoms. The van der Waals surface area contributed by atoms with Crippen LogP contribution in [0.25, 0.3) is 0 Å². The third kappa shape index (κ3) is 4.71. The Morgan fingerprint density at radius 3 is 2.64 bits per heavy atom. The molecule has 2 atom stereocenters. The van der Waals surface area contributed by atoms with Gasteiger partial charge in [0.1, 0.15) is 18.7 Å². The standard InChI is InChI=1S/C20H26F3N3O2/c1-13(11-27)14-6-8-15(9-7-14)19-25-24-18(26(19)2)12-28-17-5-3-4-16(10-17)20(21,22)23/h3-5,11,13-15,17H,6-10,12H2,1-2H3. The summed E-state index contributed by atoms with van der Waals surface area (Å²) in [6.45, 7) is 2.08. The fourth-order valence-electron chi connectivity index (χ4n) is 4.03. The van der Waals surface area contributed by atoms with Crippen molar-refractivity contribution in [1.82, 2.24) is 14.8 Å². The molecule has 1 aromatic rings. The Kier molecular flexibility index (Phi) is 6.37. The summed E-state index contributed by atoms with van der Waals surface area (Å²) in [5, 5.41) is 8.49. The van der Waals surface area contributed by atoms with Gasteiger partial charge in [0.05, 0.1) is 6.10 Å². The summed E-state index contributed by atoms with van der Waals surface area (Å²) in [5.41, 5.74) is -0.583. The Balaban J connectivity index is 1.55. The second-order valence-corrected chi connectivity index (χ2v) is 7.77. The number of aldehydes is 1. The summed E-state index contributed by atoms with van der Waals surface area (Å²) in [4.78, 5) is 11.0. The minimum Gasteiger partial charge on any atom is -0.366 e. The minimum atomic E-state index is -4.33. The predicted molar refractivity (Wildman–Crippen MR) is 97.4 cm³/mol. The highest BCUT2D eigenvalue weighted by Gasteiger charge is 2.35. The molecule has 1 saturated carbocycles. The summed E-state index contributed by atoms with van der Waals surface area (Å²) < 4.78 is 46.1. The van der Waals surface area contributed by atoms with Crippen LogP contribution in [0.1, 0.15) is 56.6 Å². The molecule has 0 radical (unpaired) electrons. The lowest BCUT2D eigenvalue weighted by Crippen LogP contribution is -2.22. The maximum absolute atomic E-state index is 12.8. The van der Waals surface area contributed by atoms with Crippen molar-refractivity contribution < 1.29 is 22.7 Å². The van der Waals surface area contributed by atoms with E-state index in [-0.39, 0.29) is 24.9 Å². The molecule has 0 spiro atoms. The average molecular weight is 397 g/mol. The van der Waals surface area contributed by atoms with Crippen molar-refractivity contribution in [1.29, 1.82) is 0 Å². The van der Waals surface area contributed by atoms with Crippen LogP contribution in [0.4, 0.5) is 13.2 Å². The van der Waals surface area contributed by atoms with E-state index in [1.807, 2.05) is 18.5 Å². The van der Waals surface area contributed by atoms with Crippen LogP contribution in [0.2, 0.25) is 0 Å². The Morgan fingerprint density at radius 1 is 1.29 bits per heavy atom. The molecule has 0 N–H and O–H groups in total. The summed E-state index contributed by atoms with van der Waals surface area (Å²) in [6, 6.07) is 0. The maximum Gasteiger partial charge on any atom is 0.412 e. The molecular formula is C20H26F3N3O2. The zero-order chi connectivity index (χ0) is 20.3. The molecule has 0 aliphatic heterocycles. The lowest BCUT2D eigenvalue weighted by Gasteiger charge is -2.29. The Labute approximate surface area is 162 Å². The van der Waals surface area contributed by atoms with Gasteiger partial charge in [0.25, 0.3) is 0 Å². The van der Waals surface area contributed by atoms with Gasteiger partial charge in [-0.3, -0.25) is 0 Å². The molecule has 0 amide bonds. The molecule has 1 heterocycles. The van der Waals surface area contributed by atoms with Gasteiger partial charge in [-0.05, 0) is 31.6 Å². The quantitative estimate of drug-likeness (QED) is 0.673. The molecule has 2 unspecified atom stereocenters. The number of aromatic nitrogens is 3. The van der Waals surface area contributed by atoms with Crippen LogP contribution < -0.4 is 0 Å². The fourth-order valence-corrected chi connectivity index (χ4v) is 4.03. The van der Waals surface area contributed by atoms with Crippen LogP contribution in [0, 0.1) is 11.8 Å². The van der Waals surface area contributed by atoms with E-state index in [0.29, 0.717) is 11.7 Å². The van der Waals surface area contributed by atoms with Crippen molar-refractivity contribution in [2.24, 2.45) is 18.9 Å². The fraction of sp³-hybridized carbons (Fsp3) is 0.650. The first kappa shape index (κ1) is 20.8. The zero-order valence-corrected chi connectivity index (χ0v) is 16.2. The molecule has 1 aromatic heterocycles. The molecule has 0 aromatic carbocycles. The lowest BCUT2D eigenvalue weighted by molar-refractivity contribution is -0.112. The molecule has 0 bridgehead atoms. The summed E-state index contributed by atoms with van der Waals surface area (Å²) in [7, 11) is 1.87. The summed E-state index contributed by atoms with van der Waals surface area (Å²) >= 11 is 0. The van der Waals surface area contributed by atoms with Gasteiger partial charge >= 0.3 is 6.18 Å². The van der Waals surface area contributed by atoms with Crippen molar-refractivity contribution >= 4 is 6.29 Å². The van der Waals surface area contributed by atoms with E-state index in [1.54, 1.807) is 6.08 Å². The molecule has 8 heteroatoms. The number of allylic oxidation sites excluding steroid dienone is 2. The minimum absolute atomic E-state index is 0.0867. The lowest BCUT2D eigenvalue weighted by atomic mass is 9.76. The third-order valence-electron chi connectivity index (χ3n) is 5.93. The first-order valence-corrected chi connectivity index (χ1v) is 9.69. The zero-order valence-electron chi connectivity index (χ0n) is 16.2. The Morgan fingerprint density at radius 2 is 2.00 bits per heavy atom. The first-order valence-electron chi connectivity index (χ1n) is 9.69. The van der Waals surface area contributed by atoms with E-state index >= 15 is 0 Å². The predicted octanol–water partition coefficient (Wildman–Crippen LogP) is 4.26. The highest BCUT2D eigenvalue weighted by molar-refractivity contribution is 5.53. The van der Waals surface area contributed by atoms with Gasteiger partial charge in [0, 0.05) is 30.9 Å². The highest BCUT2D eigenvalue weighted by Crippen LogP contribution is 2.38. The summed E-state index contributed by atoms with van der Waals surface area (Å²) in [6.07, 6.45) is 3.88. The number of carbonyl (C=O) groups excluding carboxylic acids is 1. The van der Waals surface area contributed by atoms with E-state index in [4.69, 9.17) is 4.74 Å². The number of nitrogens with zero attached hydrogens (tertiary/aromatic N) is 3. The SMILES string of the molecule is CC(C=O)C1CCC(c2nnc(COC3C=CC=C(C(F)(F)F)C3)n2C)CC1. The van der Waals surface area contributed by atoms with Crippen LogP contribution in [0.5, 0.6) is 0 Å². The van der Waals surface area contributed by atoms with E-state index in [1.165, 1.54) is 6.08 Å². The molecular weight excluding hydrogens is 371 g/mol. The number of ether oxygens (including phenoxy) is 1. The second kappa shape index (κ2) is 8.59. The Hall–Kier alpha value is -1.96. The van der Waals surface area contributed by atoms with Crippen molar-refractivity contribution in [3.63, 3.8) is 0 Å². The largest absolute Gasteiger partial charge is 0.412 e. The van der Waals surface area contributed by atoms with E-state index < -0.39 is 17.9 Å². The molecule has 2 aliphatic carbocycles. The van der Waals surface area contributed by atoms with Crippen LogP contribution in [0.3, 0.4) is 0 Å². The van der Waals surface area contributed by atoms with Gasteiger partial charge in [-0.2, -0.15) is 13.2 Å². The van der Waals surface area contributed by atoms with Crippen molar-refractivity contribution in [2.45, 2.75) is 63.8 Å². The summed E-state index contributed by atoms with van der Waals surface area (Å²) in [5.74, 6) is 2.29.